The van der Waals surface area contributed by atoms with E-state index in [1.165, 1.54) is 12.8 Å². The van der Waals surface area contributed by atoms with E-state index in [1.807, 2.05) is 19.2 Å². The SMILES string of the molecule is COc1cccc([C@@H](CNC(=O)c2cc(Cl)cn2C)N2CCCC2)c1. The number of hydrogen-bond donors (Lipinski definition) is 1. The van der Waals surface area contributed by atoms with Crippen LogP contribution >= 0.6 is 11.6 Å². The van der Waals surface area contributed by atoms with Gasteiger partial charge in [0.1, 0.15) is 11.4 Å². The molecule has 1 amide bonds. The fourth-order valence-electron chi connectivity index (χ4n) is 3.39. The van der Waals surface area contributed by atoms with Crippen LogP contribution in [0.1, 0.15) is 34.9 Å². The second-order valence-electron chi connectivity index (χ2n) is 6.40. The number of halogens is 1. The first-order chi connectivity index (χ1) is 12.1. The van der Waals surface area contributed by atoms with Crippen molar-refractivity contribution in [1.82, 2.24) is 14.8 Å². The first-order valence-electron chi connectivity index (χ1n) is 8.56. The number of rotatable bonds is 6. The Morgan fingerprint density at radius 2 is 2.08 bits per heavy atom. The Kier molecular flexibility index (Phi) is 5.66. The first-order valence-corrected chi connectivity index (χ1v) is 8.94. The zero-order valence-electron chi connectivity index (χ0n) is 14.7. The van der Waals surface area contributed by atoms with E-state index >= 15 is 0 Å². The smallest absolute Gasteiger partial charge is 0.268 e. The Hall–Kier alpha value is -1.98. The Labute approximate surface area is 153 Å². The molecule has 1 aromatic carbocycles. The largest absolute Gasteiger partial charge is 0.497 e. The monoisotopic (exact) mass is 361 g/mol. The number of ether oxygens (including phenoxy) is 1. The number of likely N-dealkylation sites (tertiary alicyclic amines) is 1. The number of nitrogens with one attached hydrogen (secondary N) is 1. The van der Waals surface area contributed by atoms with Crippen LogP contribution in [-0.4, -0.2) is 42.1 Å². The molecule has 2 aromatic rings. The van der Waals surface area contributed by atoms with Crippen LogP contribution in [0.3, 0.4) is 0 Å². The lowest BCUT2D eigenvalue weighted by atomic mass is 10.0. The maximum atomic E-state index is 12.5. The van der Waals surface area contributed by atoms with Gasteiger partial charge >= 0.3 is 0 Å². The van der Waals surface area contributed by atoms with Gasteiger partial charge in [0, 0.05) is 19.8 Å². The lowest BCUT2D eigenvalue weighted by molar-refractivity contribution is 0.0930. The van der Waals surface area contributed by atoms with Gasteiger partial charge in [-0.1, -0.05) is 23.7 Å². The molecule has 1 aliphatic heterocycles. The number of benzene rings is 1. The van der Waals surface area contributed by atoms with Gasteiger partial charge in [-0.05, 0) is 49.7 Å². The highest BCUT2D eigenvalue weighted by Crippen LogP contribution is 2.27. The Balaban J connectivity index is 1.75. The van der Waals surface area contributed by atoms with Gasteiger partial charge in [0.2, 0.25) is 0 Å². The molecule has 0 aliphatic carbocycles. The van der Waals surface area contributed by atoms with E-state index in [9.17, 15) is 4.79 Å². The van der Waals surface area contributed by atoms with Crippen molar-refractivity contribution in [2.24, 2.45) is 7.05 Å². The predicted molar refractivity (Wildman–Crippen MR) is 99.3 cm³/mol. The third-order valence-corrected chi connectivity index (χ3v) is 4.93. The minimum Gasteiger partial charge on any atom is -0.497 e. The summed E-state index contributed by atoms with van der Waals surface area (Å²) in [6.45, 7) is 2.65. The molecule has 0 spiro atoms. The lowest BCUT2D eigenvalue weighted by Gasteiger charge is -2.28. The molecule has 6 heteroatoms. The summed E-state index contributed by atoms with van der Waals surface area (Å²) in [5, 5.41) is 3.63. The quantitative estimate of drug-likeness (QED) is 0.859. The van der Waals surface area contributed by atoms with Crippen molar-refractivity contribution in [3.8, 4) is 5.75 Å². The Morgan fingerprint density at radius 3 is 2.72 bits per heavy atom. The molecule has 134 valence electrons. The van der Waals surface area contributed by atoms with Crippen LogP contribution < -0.4 is 10.1 Å². The third-order valence-electron chi connectivity index (χ3n) is 4.72. The molecule has 3 rings (SSSR count). The fraction of sp³-hybridized carbons (Fsp3) is 0.421. The molecule has 0 radical (unpaired) electrons. The number of methoxy groups -OCH3 is 1. The molecule has 1 aromatic heterocycles. The highest BCUT2D eigenvalue weighted by atomic mass is 35.5. The standard InChI is InChI=1S/C19H24ClN3O2/c1-22-13-15(20)11-17(22)19(24)21-12-18(23-8-3-4-9-23)14-6-5-7-16(10-14)25-2/h5-7,10-11,13,18H,3-4,8-9,12H2,1-2H3,(H,21,24)/t18-/m1/s1. The van der Waals surface area contributed by atoms with Gasteiger partial charge in [0.05, 0.1) is 18.2 Å². The molecular formula is C19H24ClN3O2. The van der Waals surface area contributed by atoms with E-state index in [-0.39, 0.29) is 11.9 Å². The minimum absolute atomic E-state index is 0.110. The van der Waals surface area contributed by atoms with Crippen molar-refractivity contribution in [1.29, 1.82) is 0 Å². The average molecular weight is 362 g/mol. The fourth-order valence-corrected chi connectivity index (χ4v) is 3.64. The molecule has 1 saturated heterocycles. The molecular weight excluding hydrogens is 338 g/mol. The second kappa shape index (κ2) is 7.93. The number of carbonyl (C=O) groups excluding carboxylic acids is 1. The van der Waals surface area contributed by atoms with Gasteiger partial charge in [0.15, 0.2) is 0 Å². The van der Waals surface area contributed by atoms with Crippen molar-refractivity contribution < 1.29 is 9.53 Å². The summed E-state index contributed by atoms with van der Waals surface area (Å²) in [4.78, 5) is 14.9. The van der Waals surface area contributed by atoms with Gasteiger partial charge in [-0.3, -0.25) is 9.69 Å². The molecule has 5 nitrogen and oxygen atoms in total. The second-order valence-corrected chi connectivity index (χ2v) is 6.84. The van der Waals surface area contributed by atoms with Crippen LogP contribution in [0.2, 0.25) is 5.02 Å². The van der Waals surface area contributed by atoms with E-state index in [0.717, 1.165) is 24.4 Å². The molecule has 0 unspecified atom stereocenters. The summed E-state index contributed by atoms with van der Waals surface area (Å²) < 4.78 is 7.10. The highest BCUT2D eigenvalue weighted by molar-refractivity contribution is 6.31. The van der Waals surface area contributed by atoms with Crippen LogP contribution in [0.4, 0.5) is 0 Å². The molecule has 1 aliphatic rings. The predicted octanol–water partition coefficient (Wildman–Crippen LogP) is 3.25. The van der Waals surface area contributed by atoms with Gasteiger partial charge in [-0.15, -0.1) is 0 Å². The molecule has 0 bridgehead atoms. The molecule has 25 heavy (non-hydrogen) atoms. The van der Waals surface area contributed by atoms with Gasteiger partial charge in [-0.2, -0.15) is 0 Å². The van der Waals surface area contributed by atoms with E-state index < -0.39 is 0 Å². The summed E-state index contributed by atoms with van der Waals surface area (Å²) in [6.07, 6.45) is 4.13. The Bertz CT molecular complexity index is 738. The summed E-state index contributed by atoms with van der Waals surface area (Å²) in [5.41, 5.74) is 1.72. The highest BCUT2D eigenvalue weighted by Gasteiger charge is 2.25. The minimum atomic E-state index is -0.110. The number of hydrogen-bond acceptors (Lipinski definition) is 3. The van der Waals surface area contributed by atoms with Crippen LogP contribution in [0.25, 0.3) is 0 Å². The summed E-state index contributed by atoms with van der Waals surface area (Å²) in [6, 6.07) is 9.90. The van der Waals surface area contributed by atoms with Crippen LogP contribution in [0.15, 0.2) is 36.5 Å². The number of aromatic nitrogens is 1. The van der Waals surface area contributed by atoms with Gasteiger partial charge in [-0.25, -0.2) is 0 Å². The summed E-state index contributed by atoms with van der Waals surface area (Å²) in [7, 11) is 3.49. The van der Waals surface area contributed by atoms with Crippen molar-refractivity contribution in [2.45, 2.75) is 18.9 Å². The van der Waals surface area contributed by atoms with Gasteiger partial charge in [0.25, 0.3) is 5.91 Å². The van der Waals surface area contributed by atoms with E-state index in [0.29, 0.717) is 17.3 Å². The lowest BCUT2D eigenvalue weighted by Crippen LogP contribution is -2.37. The topological polar surface area (TPSA) is 46.5 Å². The van der Waals surface area contributed by atoms with E-state index in [4.69, 9.17) is 16.3 Å². The molecule has 1 N–H and O–H groups in total. The van der Waals surface area contributed by atoms with Crippen LogP contribution in [0.5, 0.6) is 5.75 Å². The maximum Gasteiger partial charge on any atom is 0.268 e. The number of nitrogens with zero attached hydrogens (tertiary/aromatic N) is 2. The third kappa shape index (κ3) is 4.17. The van der Waals surface area contributed by atoms with E-state index in [2.05, 4.69) is 22.3 Å². The Morgan fingerprint density at radius 1 is 1.32 bits per heavy atom. The van der Waals surface area contributed by atoms with Crippen molar-refractivity contribution in [3.05, 3.63) is 52.8 Å². The normalized spacial score (nSPS) is 16.0. The zero-order chi connectivity index (χ0) is 17.8. The number of carbonyl (C=O) groups is 1. The van der Waals surface area contributed by atoms with Crippen LogP contribution in [-0.2, 0) is 7.05 Å². The molecule has 0 saturated carbocycles. The van der Waals surface area contributed by atoms with E-state index in [1.54, 1.807) is 23.9 Å². The maximum absolute atomic E-state index is 12.5. The van der Waals surface area contributed by atoms with Crippen molar-refractivity contribution >= 4 is 17.5 Å². The number of amides is 1. The summed E-state index contributed by atoms with van der Waals surface area (Å²) in [5.74, 6) is 0.726. The van der Waals surface area contributed by atoms with Crippen molar-refractivity contribution in [3.63, 3.8) is 0 Å². The van der Waals surface area contributed by atoms with Gasteiger partial charge < -0.3 is 14.6 Å². The van der Waals surface area contributed by atoms with Crippen LogP contribution in [0, 0.1) is 0 Å². The van der Waals surface area contributed by atoms with Crippen molar-refractivity contribution in [2.75, 3.05) is 26.7 Å². The molecule has 2 heterocycles. The summed E-state index contributed by atoms with van der Waals surface area (Å²) >= 11 is 5.98. The molecule has 1 fully saturated rings. The average Bonchev–Trinajstić information content (AvgIpc) is 3.25. The first kappa shape index (κ1) is 17.8. The number of aryl methyl sites for hydroxylation is 1. The zero-order valence-corrected chi connectivity index (χ0v) is 15.4. The molecule has 1 atom stereocenters.